The van der Waals surface area contributed by atoms with Crippen LogP contribution in [0.15, 0.2) is 6.33 Å². The second-order valence-electron chi connectivity index (χ2n) is 2.95. The van der Waals surface area contributed by atoms with Gasteiger partial charge in [0.2, 0.25) is 0 Å². The number of halogens is 1. The molecule has 0 amide bonds. The Balaban J connectivity index is 2.84. The molecule has 1 aromatic heterocycles. The molecule has 1 rings (SSSR count). The van der Waals surface area contributed by atoms with Crippen LogP contribution < -0.4 is 0 Å². The van der Waals surface area contributed by atoms with Crippen molar-refractivity contribution in [3.05, 3.63) is 12.2 Å². The molecule has 1 unspecified atom stereocenters. The Labute approximate surface area is 71.4 Å². The fourth-order valence-corrected chi connectivity index (χ4v) is 1.04. The van der Waals surface area contributed by atoms with Crippen molar-refractivity contribution in [2.75, 3.05) is 0 Å². The lowest BCUT2D eigenvalue weighted by molar-refractivity contribution is 0.579. The summed E-state index contributed by atoms with van der Waals surface area (Å²) in [7, 11) is 1.90. The molecular weight excluding hydrogens is 162 g/mol. The van der Waals surface area contributed by atoms with Crippen molar-refractivity contribution in [1.29, 1.82) is 0 Å². The third kappa shape index (κ3) is 1.71. The van der Waals surface area contributed by atoms with Gasteiger partial charge in [-0.15, -0.1) is 21.8 Å². The lowest BCUT2D eigenvalue weighted by Crippen LogP contribution is -2.06. The average Bonchev–Trinajstić information content (AvgIpc) is 2.33. The molecule has 62 valence electrons. The molecule has 1 atom stereocenters. The molecule has 0 N–H and O–H groups in total. The van der Waals surface area contributed by atoms with Gasteiger partial charge in [0.25, 0.3) is 0 Å². The van der Waals surface area contributed by atoms with E-state index in [1.807, 2.05) is 11.6 Å². The van der Waals surface area contributed by atoms with Crippen LogP contribution in [0.3, 0.4) is 0 Å². The first-order chi connectivity index (χ1) is 5.13. The number of hydrogen-bond acceptors (Lipinski definition) is 2. The first-order valence-corrected chi connectivity index (χ1v) is 4.04. The molecule has 0 spiro atoms. The van der Waals surface area contributed by atoms with Gasteiger partial charge in [0.1, 0.15) is 6.33 Å². The summed E-state index contributed by atoms with van der Waals surface area (Å²) in [6.45, 7) is 4.12. The summed E-state index contributed by atoms with van der Waals surface area (Å²) in [5.74, 6) is 1.22. The number of aromatic nitrogens is 3. The minimum Gasteiger partial charge on any atom is -0.319 e. The highest BCUT2D eigenvalue weighted by atomic mass is 35.5. The van der Waals surface area contributed by atoms with E-state index in [-0.39, 0.29) is 5.38 Å². The van der Waals surface area contributed by atoms with Crippen LogP contribution >= 0.6 is 11.6 Å². The Kier molecular flexibility index (Phi) is 2.49. The maximum atomic E-state index is 6.06. The highest BCUT2D eigenvalue weighted by Gasteiger charge is 2.16. The van der Waals surface area contributed by atoms with Gasteiger partial charge in [-0.25, -0.2) is 0 Å². The van der Waals surface area contributed by atoms with Crippen LogP contribution in [0.2, 0.25) is 0 Å². The maximum Gasteiger partial charge on any atom is 0.150 e. The second kappa shape index (κ2) is 3.22. The van der Waals surface area contributed by atoms with Gasteiger partial charge in [0, 0.05) is 7.05 Å². The molecule has 0 saturated heterocycles. The Morgan fingerprint density at radius 2 is 2.18 bits per heavy atom. The van der Waals surface area contributed by atoms with Crippen molar-refractivity contribution in [2.24, 2.45) is 13.0 Å². The normalized spacial score (nSPS) is 13.9. The van der Waals surface area contributed by atoms with Crippen LogP contribution in [0.1, 0.15) is 25.0 Å². The summed E-state index contributed by atoms with van der Waals surface area (Å²) < 4.78 is 1.84. The first-order valence-electron chi connectivity index (χ1n) is 3.61. The van der Waals surface area contributed by atoms with Crippen molar-refractivity contribution >= 4 is 11.6 Å². The number of aryl methyl sites for hydroxylation is 1. The zero-order chi connectivity index (χ0) is 8.43. The van der Waals surface area contributed by atoms with E-state index in [0.29, 0.717) is 5.92 Å². The summed E-state index contributed by atoms with van der Waals surface area (Å²) in [4.78, 5) is 0. The van der Waals surface area contributed by atoms with Crippen molar-refractivity contribution < 1.29 is 0 Å². The lowest BCUT2D eigenvalue weighted by Gasteiger charge is -2.11. The molecule has 0 aromatic carbocycles. The third-order valence-electron chi connectivity index (χ3n) is 1.58. The van der Waals surface area contributed by atoms with E-state index in [2.05, 4.69) is 24.0 Å². The molecule has 3 nitrogen and oxygen atoms in total. The van der Waals surface area contributed by atoms with Crippen molar-refractivity contribution in [2.45, 2.75) is 19.2 Å². The molecule has 11 heavy (non-hydrogen) atoms. The highest BCUT2D eigenvalue weighted by molar-refractivity contribution is 6.20. The molecule has 0 aliphatic rings. The van der Waals surface area contributed by atoms with Gasteiger partial charge in [-0.2, -0.15) is 0 Å². The predicted molar refractivity (Wildman–Crippen MR) is 44.4 cm³/mol. The van der Waals surface area contributed by atoms with Crippen LogP contribution in [0.4, 0.5) is 0 Å². The maximum absolute atomic E-state index is 6.06. The molecule has 0 aliphatic carbocycles. The third-order valence-corrected chi connectivity index (χ3v) is 2.28. The molecule has 0 bridgehead atoms. The zero-order valence-corrected chi connectivity index (χ0v) is 7.71. The Hall–Kier alpha value is -0.570. The van der Waals surface area contributed by atoms with E-state index in [1.54, 1.807) is 6.33 Å². The molecule has 1 aromatic rings. The van der Waals surface area contributed by atoms with E-state index in [1.165, 1.54) is 0 Å². The van der Waals surface area contributed by atoms with Crippen molar-refractivity contribution in [1.82, 2.24) is 14.8 Å². The number of rotatable bonds is 2. The van der Waals surface area contributed by atoms with Gasteiger partial charge in [-0.05, 0) is 5.92 Å². The fourth-order valence-electron chi connectivity index (χ4n) is 0.840. The van der Waals surface area contributed by atoms with E-state index >= 15 is 0 Å². The molecule has 0 aliphatic heterocycles. The lowest BCUT2D eigenvalue weighted by atomic mass is 10.1. The summed E-state index contributed by atoms with van der Waals surface area (Å²) in [5.41, 5.74) is 0. The van der Waals surface area contributed by atoms with Crippen LogP contribution in [0, 0.1) is 5.92 Å². The van der Waals surface area contributed by atoms with E-state index in [4.69, 9.17) is 11.6 Å². The fraction of sp³-hybridized carbons (Fsp3) is 0.714. The molecule has 0 fully saturated rings. The summed E-state index contributed by atoms with van der Waals surface area (Å²) in [6, 6.07) is 0. The monoisotopic (exact) mass is 173 g/mol. The standard InChI is InChI=1S/C7H12ClN3/c1-5(2)6(8)7-10-9-4-11(7)3/h4-6H,1-3H3. The summed E-state index contributed by atoms with van der Waals surface area (Å²) in [5, 5.41) is 7.63. The molecular formula is C7H12ClN3. The predicted octanol–water partition coefficient (Wildman–Crippen LogP) is 1.75. The van der Waals surface area contributed by atoms with Crippen LogP contribution in [-0.4, -0.2) is 14.8 Å². The van der Waals surface area contributed by atoms with E-state index in [9.17, 15) is 0 Å². The zero-order valence-electron chi connectivity index (χ0n) is 6.95. The largest absolute Gasteiger partial charge is 0.319 e. The Morgan fingerprint density at radius 1 is 1.55 bits per heavy atom. The van der Waals surface area contributed by atoms with Crippen LogP contribution in [-0.2, 0) is 7.05 Å². The van der Waals surface area contributed by atoms with E-state index in [0.717, 1.165) is 5.82 Å². The molecule has 0 saturated carbocycles. The van der Waals surface area contributed by atoms with Gasteiger partial charge in [0.15, 0.2) is 5.82 Å². The average molecular weight is 174 g/mol. The van der Waals surface area contributed by atoms with Gasteiger partial charge < -0.3 is 4.57 Å². The smallest absolute Gasteiger partial charge is 0.150 e. The quantitative estimate of drug-likeness (QED) is 0.638. The van der Waals surface area contributed by atoms with Gasteiger partial charge in [-0.3, -0.25) is 0 Å². The topological polar surface area (TPSA) is 30.7 Å². The molecule has 4 heteroatoms. The number of nitrogens with zero attached hydrogens (tertiary/aromatic N) is 3. The molecule has 1 heterocycles. The van der Waals surface area contributed by atoms with Crippen LogP contribution in [0.5, 0.6) is 0 Å². The van der Waals surface area contributed by atoms with E-state index < -0.39 is 0 Å². The minimum absolute atomic E-state index is 0.0394. The minimum atomic E-state index is -0.0394. The SMILES string of the molecule is CC(C)C(Cl)c1nncn1C. The Morgan fingerprint density at radius 3 is 2.55 bits per heavy atom. The second-order valence-corrected chi connectivity index (χ2v) is 3.42. The van der Waals surface area contributed by atoms with Gasteiger partial charge in [-0.1, -0.05) is 13.8 Å². The Bertz CT molecular complexity index is 231. The first kappa shape index (κ1) is 8.53. The molecule has 0 radical (unpaired) electrons. The summed E-state index contributed by atoms with van der Waals surface area (Å²) >= 11 is 6.06. The van der Waals surface area contributed by atoms with Crippen molar-refractivity contribution in [3.63, 3.8) is 0 Å². The highest BCUT2D eigenvalue weighted by Crippen LogP contribution is 2.25. The van der Waals surface area contributed by atoms with Gasteiger partial charge >= 0.3 is 0 Å². The number of hydrogen-bond donors (Lipinski definition) is 0. The number of alkyl halides is 1. The van der Waals surface area contributed by atoms with Gasteiger partial charge in [0.05, 0.1) is 5.38 Å². The van der Waals surface area contributed by atoms with Crippen molar-refractivity contribution in [3.8, 4) is 0 Å². The summed E-state index contributed by atoms with van der Waals surface area (Å²) in [6.07, 6.45) is 1.66. The van der Waals surface area contributed by atoms with Crippen LogP contribution in [0.25, 0.3) is 0 Å².